The average Bonchev–Trinajstić information content (AvgIpc) is 2.25. The molecule has 0 aliphatic heterocycles. The highest BCUT2D eigenvalue weighted by Crippen LogP contribution is 2.25. The third-order valence-electron chi connectivity index (χ3n) is 2.52. The third-order valence-corrected chi connectivity index (χ3v) is 3.66. The molecule has 0 saturated carbocycles. The first-order valence-corrected chi connectivity index (χ1v) is 7.86. The first-order chi connectivity index (χ1) is 8.71. The maximum Gasteiger partial charge on any atom is 0.323 e. The highest BCUT2D eigenvalue weighted by Gasteiger charge is 2.20. The van der Waals surface area contributed by atoms with E-state index < -0.39 is 15.8 Å². The van der Waals surface area contributed by atoms with Gasteiger partial charge in [-0.25, -0.2) is 8.42 Å². The minimum atomic E-state index is -3.38. The molecule has 0 aliphatic rings. The van der Waals surface area contributed by atoms with Crippen LogP contribution in [0.25, 0.3) is 0 Å². The van der Waals surface area contributed by atoms with Crippen LogP contribution in [-0.4, -0.2) is 38.8 Å². The van der Waals surface area contributed by atoms with Crippen molar-refractivity contribution in [2.24, 2.45) is 5.92 Å². The molecule has 19 heavy (non-hydrogen) atoms. The number of sulfone groups is 1. The summed E-state index contributed by atoms with van der Waals surface area (Å²) in [4.78, 5) is 12.7. The van der Waals surface area contributed by atoms with Gasteiger partial charge >= 0.3 is 5.97 Å². The smallest absolute Gasteiger partial charge is 0.323 e. The molecule has 1 aromatic rings. The molecular weight excluding hydrogens is 266 g/mol. The second kappa shape index (κ2) is 6.06. The lowest BCUT2D eigenvalue weighted by Crippen LogP contribution is -2.33. The first kappa shape index (κ1) is 15.5. The van der Waals surface area contributed by atoms with E-state index >= 15 is 0 Å². The fourth-order valence-corrected chi connectivity index (χ4v) is 2.79. The molecule has 0 atom stereocenters. The molecule has 5 nitrogen and oxygen atoms in total. The number of para-hydroxylation sites is 1. The lowest BCUT2D eigenvalue weighted by molar-refractivity contribution is -0.135. The molecule has 0 bridgehead atoms. The monoisotopic (exact) mass is 285 g/mol. The number of carbonyl (C=O) groups is 1. The van der Waals surface area contributed by atoms with Gasteiger partial charge in [0.25, 0.3) is 0 Å². The largest absolute Gasteiger partial charge is 0.480 e. The SMILES string of the molecule is CC(C)CN(CC(=O)O)c1ccccc1S(C)(=O)=O. The van der Waals surface area contributed by atoms with Crippen molar-refractivity contribution in [3.63, 3.8) is 0 Å². The topological polar surface area (TPSA) is 74.7 Å². The van der Waals surface area contributed by atoms with E-state index in [-0.39, 0.29) is 17.4 Å². The molecule has 6 heteroatoms. The Morgan fingerprint density at radius 1 is 1.32 bits per heavy atom. The molecule has 1 rings (SSSR count). The molecule has 0 unspecified atom stereocenters. The number of hydrogen-bond acceptors (Lipinski definition) is 4. The van der Waals surface area contributed by atoms with Crippen LogP contribution in [0, 0.1) is 5.92 Å². The summed E-state index contributed by atoms with van der Waals surface area (Å²) < 4.78 is 23.5. The van der Waals surface area contributed by atoms with Gasteiger partial charge in [-0.1, -0.05) is 26.0 Å². The Labute approximate surface area is 113 Å². The van der Waals surface area contributed by atoms with Gasteiger partial charge in [-0.15, -0.1) is 0 Å². The van der Waals surface area contributed by atoms with Gasteiger partial charge in [0.05, 0.1) is 10.6 Å². The van der Waals surface area contributed by atoms with Crippen molar-refractivity contribution >= 4 is 21.5 Å². The summed E-state index contributed by atoms with van der Waals surface area (Å²) in [5.74, 6) is -0.754. The molecule has 0 spiro atoms. The summed E-state index contributed by atoms with van der Waals surface area (Å²) in [6.45, 7) is 4.18. The van der Waals surface area contributed by atoms with Crippen molar-refractivity contribution in [3.8, 4) is 0 Å². The fourth-order valence-electron chi connectivity index (χ4n) is 1.88. The van der Waals surface area contributed by atoms with Crippen LogP contribution >= 0.6 is 0 Å². The molecule has 0 heterocycles. The van der Waals surface area contributed by atoms with E-state index in [1.165, 1.54) is 6.07 Å². The maximum absolute atomic E-state index is 11.8. The van der Waals surface area contributed by atoms with Crippen LogP contribution in [0.4, 0.5) is 5.69 Å². The number of aliphatic carboxylic acids is 1. The Kier molecular flexibility index (Phi) is 4.94. The number of nitrogens with zero attached hydrogens (tertiary/aromatic N) is 1. The molecule has 0 amide bonds. The quantitative estimate of drug-likeness (QED) is 0.860. The van der Waals surface area contributed by atoms with Crippen LogP contribution in [0.5, 0.6) is 0 Å². The van der Waals surface area contributed by atoms with Crippen LogP contribution < -0.4 is 4.90 Å². The van der Waals surface area contributed by atoms with Crippen molar-refractivity contribution in [2.75, 3.05) is 24.2 Å². The summed E-state index contributed by atoms with van der Waals surface area (Å²) in [6.07, 6.45) is 1.13. The van der Waals surface area contributed by atoms with Crippen molar-refractivity contribution in [3.05, 3.63) is 24.3 Å². The fraction of sp³-hybridized carbons (Fsp3) is 0.462. The van der Waals surface area contributed by atoms with Crippen LogP contribution in [0.1, 0.15) is 13.8 Å². The zero-order chi connectivity index (χ0) is 14.6. The van der Waals surface area contributed by atoms with Gasteiger partial charge in [-0.3, -0.25) is 4.79 Å². The van der Waals surface area contributed by atoms with Crippen molar-refractivity contribution < 1.29 is 18.3 Å². The molecule has 0 saturated heterocycles. The number of anilines is 1. The summed E-state index contributed by atoms with van der Waals surface area (Å²) in [7, 11) is -3.38. The van der Waals surface area contributed by atoms with Crippen molar-refractivity contribution in [2.45, 2.75) is 18.7 Å². The first-order valence-electron chi connectivity index (χ1n) is 5.97. The lowest BCUT2D eigenvalue weighted by atomic mass is 10.2. The molecule has 0 radical (unpaired) electrons. The van der Waals surface area contributed by atoms with Gasteiger partial charge < -0.3 is 10.0 Å². The summed E-state index contributed by atoms with van der Waals surface area (Å²) in [5, 5.41) is 8.96. The number of hydrogen-bond donors (Lipinski definition) is 1. The van der Waals surface area contributed by atoms with Crippen molar-refractivity contribution in [1.29, 1.82) is 0 Å². The van der Waals surface area contributed by atoms with Crippen LogP contribution in [0.3, 0.4) is 0 Å². The van der Waals surface area contributed by atoms with Gasteiger partial charge in [-0.2, -0.15) is 0 Å². The Morgan fingerprint density at radius 2 is 1.89 bits per heavy atom. The van der Waals surface area contributed by atoms with Crippen LogP contribution in [0.15, 0.2) is 29.2 Å². The Morgan fingerprint density at radius 3 is 2.37 bits per heavy atom. The Bertz CT molecular complexity index is 552. The van der Waals surface area contributed by atoms with E-state index in [9.17, 15) is 13.2 Å². The normalized spacial score (nSPS) is 11.6. The number of carboxylic acid groups (broad SMARTS) is 1. The third kappa shape index (κ3) is 4.55. The minimum Gasteiger partial charge on any atom is -0.480 e. The highest BCUT2D eigenvalue weighted by molar-refractivity contribution is 7.90. The van der Waals surface area contributed by atoms with Crippen LogP contribution in [-0.2, 0) is 14.6 Å². The molecule has 0 fully saturated rings. The standard InChI is InChI=1S/C13H19NO4S/c1-10(2)8-14(9-13(15)16)11-6-4-5-7-12(11)19(3,17)18/h4-7,10H,8-9H2,1-3H3,(H,15,16). The van der Waals surface area contributed by atoms with E-state index in [0.29, 0.717) is 12.2 Å². The van der Waals surface area contributed by atoms with Gasteiger partial charge in [0.1, 0.15) is 6.54 Å². The molecule has 0 aromatic heterocycles. The van der Waals surface area contributed by atoms with E-state index in [1.807, 2.05) is 13.8 Å². The Balaban J connectivity index is 3.26. The molecule has 1 N–H and O–H groups in total. The summed E-state index contributed by atoms with van der Waals surface area (Å²) in [5.41, 5.74) is 0.445. The average molecular weight is 285 g/mol. The van der Waals surface area contributed by atoms with E-state index in [0.717, 1.165) is 6.26 Å². The molecule has 0 aliphatic carbocycles. The second-order valence-electron chi connectivity index (χ2n) is 4.91. The van der Waals surface area contributed by atoms with Gasteiger partial charge in [0, 0.05) is 12.8 Å². The van der Waals surface area contributed by atoms with E-state index in [4.69, 9.17) is 5.11 Å². The Hall–Kier alpha value is -1.56. The van der Waals surface area contributed by atoms with Gasteiger partial charge in [0.15, 0.2) is 9.84 Å². The number of rotatable bonds is 6. The van der Waals surface area contributed by atoms with Gasteiger partial charge in [0.2, 0.25) is 0 Å². The van der Waals surface area contributed by atoms with Gasteiger partial charge in [-0.05, 0) is 18.1 Å². The predicted octanol–water partition coefficient (Wildman–Crippen LogP) is 1.64. The highest BCUT2D eigenvalue weighted by atomic mass is 32.2. The maximum atomic E-state index is 11.8. The van der Waals surface area contributed by atoms with Crippen LogP contribution in [0.2, 0.25) is 0 Å². The molecule has 106 valence electrons. The van der Waals surface area contributed by atoms with E-state index in [2.05, 4.69) is 0 Å². The number of benzene rings is 1. The zero-order valence-electron chi connectivity index (χ0n) is 11.3. The van der Waals surface area contributed by atoms with E-state index in [1.54, 1.807) is 23.1 Å². The summed E-state index contributed by atoms with van der Waals surface area (Å²) in [6, 6.07) is 6.48. The van der Waals surface area contributed by atoms with Crippen molar-refractivity contribution in [1.82, 2.24) is 0 Å². The predicted molar refractivity (Wildman–Crippen MR) is 74.2 cm³/mol. The summed E-state index contributed by atoms with van der Waals surface area (Å²) >= 11 is 0. The second-order valence-corrected chi connectivity index (χ2v) is 6.89. The molecule has 1 aromatic carbocycles. The molecular formula is C13H19NO4S. The lowest BCUT2D eigenvalue weighted by Gasteiger charge is -2.26. The minimum absolute atomic E-state index is 0.164. The number of carboxylic acids is 1. The zero-order valence-corrected chi connectivity index (χ0v) is 12.1.